The lowest BCUT2D eigenvalue weighted by Gasteiger charge is -2.27. The summed E-state index contributed by atoms with van der Waals surface area (Å²) >= 11 is 0. The second-order valence-corrected chi connectivity index (χ2v) is 7.76. The van der Waals surface area contributed by atoms with E-state index in [2.05, 4.69) is 53.9 Å². The predicted molar refractivity (Wildman–Crippen MR) is 132 cm³/mol. The number of fused-ring (bicyclic) bond motifs is 1. The molecule has 8 nitrogen and oxygen atoms in total. The summed E-state index contributed by atoms with van der Waals surface area (Å²) in [6.45, 7) is 4.79. The van der Waals surface area contributed by atoms with Gasteiger partial charge in [-0.1, -0.05) is 60.7 Å². The van der Waals surface area contributed by atoms with Crippen molar-refractivity contribution >= 4 is 40.5 Å². The number of hydrogen-bond donors (Lipinski definition) is 2. The van der Waals surface area contributed by atoms with Crippen LogP contribution in [0.1, 0.15) is 11.1 Å². The van der Waals surface area contributed by atoms with Crippen LogP contribution in [0.2, 0.25) is 0 Å². The van der Waals surface area contributed by atoms with E-state index in [1.54, 1.807) is 6.21 Å². The number of rotatable bonds is 6. The largest absolute Gasteiger partial charge is 0.378 e. The lowest BCUT2D eigenvalue weighted by atomic mass is 10.1. The van der Waals surface area contributed by atoms with Crippen LogP contribution in [0.3, 0.4) is 0 Å². The van der Waals surface area contributed by atoms with Crippen molar-refractivity contribution in [2.24, 2.45) is 5.10 Å². The van der Waals surface area contributed by atoms with Crippen molar-refractivity contribution in [3.63, 3.8) is 0 Å². The minimum Gasteiger partial charge on any atom is -0.378 e. The van der Waals surface area contributed by atoms with Gasteiger partial charge in [-0.2, -0.15) is 20.1 Å². The average Bonchev–Trinajstić information content (AvgIpc) is 2.86. The van der Waals surface area contributed by atoms with Gasteiger partial charge in [0, 0.05) is 24.2 Å². The molecule has 0 aliphatic carbocycles. The van der Waals surface area contributed by atoms with Gasteiger partial charge in [-0.05, 0) is 29.5 Å². The van der Waals surface area contributed by atoms with E-state index in [4.69, 9.17) is 4.74 Å². The first-order valence-electron chi connectivity index (χ1n) is 10.9. The van der Waals surface area contributed by atoms with Crippen LogP contribution in [0.5, 0.6) is 0 Å². The van der Waals surface area contributed by atoms with Crippen LogP contribution in [0.15, 0.2) is 71.8 Å². The molecular formula is C25H25N7O. The number of aromatic nitrogens is 3. The van der Waals surface area contributed by atoms with E-state index >= 15 is 0 Å². The summed E-state index contributed by atoms with van der Waals surface area (Å²) in [4.78, 5) is 15.9. The maximum absolute atomic E-state index is 5.48. The highest BCUT2D eigenvalue weighted by Gasteiger charge is 2.17. The lowest BCUT2D eigenvalue weighted by molar-refractivity contribution is 0.122. The second-order valence-electron chi connectivity index (χ2n) is 7.76. The van der Waals surface area contributed by atoms with Gasteiger partial charge in [-0.3, -0.25) is 0 Å². The SMILES string of the molecule is Cc1ccccc1/C=N\Nc1nc(Nc2cccc3ccccc23)nc(N2CCOCC2)n1. The molecule has 0 radical (unpaired) electrons. The molecule has 0 unspecified atom stereocenters. The summed E-state index contributed by atoms with van der Waals surface area (Å²) in [5.41, 5.74) is 6.08. The van der Waals surface area contributed by atoms with Crippen LogP contribution in [0.25, 0.3) is 10.8 Å². The van der Waals surface area contributed by atoms with Crippen molar-refractivity contribution in [2.45, 2.75) is 6.92 Å². The van der Waals surface area contributed by atoms with Crippen molar-refractivity contribution in [1.29, 1.82) is 0 Å². The molecular weight excluding hydrogens is 414 g/mol. The van der Waals surface area contributed by atoms with Gasteiger partial charge in [-0.15, -0.1) is 0 Å². The molecule has 33 heavy (non-hydrogen) atoms. The van der Waals surface area contributed by atoms with Gasteiger partial charge in [-0.25, -0.2) is 5.43 Å². The van der Waals surface area contributed by atoms with Gasteiger partial charge in [0.1, 0.15) is 0 Å². The maximum Gasteiger partial charge on any atom is 0.250 e. The van der Waals surface area contributed by atoms with Crippen LogP contribution < -0.4 is 15.6 Å². The predicted octanol–water partition coefficient (Wildman–Crippen LogP) is 4.36. The molecule has 1 aliphatic heterocycles. The van der Waals surface area contributed by atoms with E-state index in [1.807, 2.05) is 55.5 Å². The first-order valence-corrected chi connectivity index (χ1v) is 10.9. The van der Waals surface area contributed by atoms with E-state index in [1.165, 1.54) is 0 Å². The zero-order valence-electron chi connectivity index (χ0n) is 18.4. The normalized spacial score (nSPS) is 14.0. The number of morpholine rings is 1. The number of benzene rings is 3. The third-order valence-electron chi connectivity index (χ3n) is 5.51. The van der Waals surface area contributed by atoms with Crippen LogP contribution in [0, 0.1) is 6.92 Å². The van der Waals surface area contributed by atoms with E-state index < -0.39 is 0 Å². The summed E-state index contributed by atoms with van der Waals surface area (Å²) < 4.78 is 5.48. The second kappa shape index (κ2) is 9.62. The van der Waals surface area contributed by atoms with E-state index in [0.717, 1.165) is 40.7 Å². The molecule has 1 aromatic heterocycles. The molecule has 8 heteroatoms. The Kier molecular flexibility index (Phi) is 6.08. The Hall–Kier alpha value is -4.04. The van der Waals surface area contributed by atoms with Gasteiger partial charge in [0.05, 0.1) is 19.4 Å². The fourth-order valence-corrected chi connectivity index (χ4v) is 3.72. The maximum atomic E-state index is 5.48. The van der Waals surface area contributed by atoms with Gasteiger partial charge in [0.15, 0.2) is 0 Å². The molecule has 0 atom stereocenters. The summed E-state index contributed by atoms with van der Waals surface area (Å²) in [5.74, 6) is 1.42. The minimum absolute atomic E-state index is 0.374. The van der Waals surface area contributed by atoms with Crippen LogP contribution >= 0.6 is 0 Å². The quantitative estimate of drug-likeness (QED) is 0.341. The first-order chi connectivity index (χ1) is 16.3. The highest BCUT2D eigenvalue weighted by Crippen LogP contribution is 2.26. The molecule has 2 heterocycles. The highest BCUT2D eigenvalue weighted by molar-refractivity contribution is 5.95. The summed E-state index contributed by atoms with van der Waals surface area (Å²) in [6, 6.07) is 22.4. The standard InChI is InChI=1S/C25H25N7O/c1-18-7-2-3-9-20(18)17-26-31-24-28-23(29-25(30-24)32-13-15-33-16-14-32)27-22-12-6-10-19-8-4-5-11-21(19)22/h2-12,17H,13-16H2,1H3,(H2,27,28,29,30,31)/b26-17-. The molecule has 166 valence electrons. The molecule has 3 aromatic carbocycles. The Bertz CT molecular complexity index is 1280. The van der Waals surface area contributed by atoms with Gasteiger partial charge in [0.2, 0.25) is 17.8 Å². The average molecular weight is 440 g/mol. The topological polar surface area (TPSA) is 87.6 Å². The molecule has 1 fully saturated rings. The third-order valence-corrected chi connectivity index (χ3v) is 5.51. The summed E-state index contributed by atoms with van der Waals surface area (Å²) in [5, 5.41) is 9.97. The van der Waals surface area contributed by atoms with Gasteiger partial charge >= 0.3 is 0 Å². The van der Waals surface area contributed by atoms with Crippen molar-refractivity contribution in [1.82, 2.24) is 15.0 Å². The zero-order chi connectivity index (χ0) is 22.5. The molecule has 1 aliphatic rings. The Labute approximate surface area is 192 Å². The monoisotopic (exact) mass is 439 g/mol. The molecule has 1 saturated heterocycles. The molecule has 4 aromatic rings. The van der Waals surface area contributed by atoms with Crippen molar-refractivity contribution in [2.75, 3.05) is 41.9 Å². The van der Waals surface area contributed by atoms with E-state index in [9.17, 15) is 0 Å². The Balaban J connectivity index is 1.45. The number of hydrogen-bond acceptors (Lipinski definition) is 8. The molecule has 0 bridgehead atoms. The number of anilines is 4. The van der Waals surface area contributed by atoms with Gasteiger partial charge in [0.25, 0.3) is 0 Å². The summed E-state index contributed by atoms with van der Waals surface area (Å²) in [7, 11) is 0. The van der Waals surface area contributed by atoms with E-state index in [-0.39, 0.29) is 0 Å². The fourth-order valence-electron chi connectivity index (χ4n) is 3.72. The van der Waals surface area contributed by atoms with Crippen LogP contribution in [-0.2, 0) is 4.74 Å². The Morgan fingerprint density at radius 3 is 2.52 bits per heavy atom. The minimum atomic E-state index is 0.374. The number of ether oxygens (including phenoxy) is 1. The number of aryl methyl sites for hydroxylation is 1. The molecule has 5 rings (SSSR count). The van der Waals surface area contributed by atoms with Crippen molar-refractivity contribution in [3.05, 3.63) is 77.9 Å². The number of hydrazone groups is 1. The molecule has 0 spiro atoms. The van der Waals surface area contributed by atoms with E-state index in [0.29, 0.717) is 31.1 Å². The number of nitrogens with one attached hydrogen (secondary N) is 2. The molecule has 0 saturated carbocycles. The van der Waals surface area contributed by atoms with Gasteiger partial charge < -0.3 is 15.0 Å². The first kappa shape index (κ1) is 20.8. The third kappa shape index (κ3) is 4.91. The zero-order valence-corrected chi connectivity index (χ0v) is 18.4. The fraction of sp³-hybridized carbons (Fsp3) is 0.200. The molecule has 0 amide bonds. The Morgan fingerprint density at radius 2 is 1.64 bits per heavy atom. The highest BCUT2D eigenvalue weighted by atomic mass is 16.5. The van der Waals surface area contributed by atoms with Crippen molar-refractivity contribution < 1.29 is 4.74 Å². The van der Waals surface area contributed by atoms with Crippen LogP contribution in [-0.4, -0.2) is 47.5 Å². The smallest absolute Gasteiger partial charge is 0.250 e. The number of nitrogens with zero attached hydrogens (tertiary/aromatic N) is 5. The van der Waals surface area contributed by atoms with Crippen molar-refractivity contribution in [3.8, 4) is 0 Å². The summed E-state index contributed by atoms with van der Waals surface area (Å²) in [6.07, 6.45) is 1.77. The van der Waals surface area contributed by atoms with Crippen LogP contribution in [0.4, 0.5) is 23.5 Å². The lowest BCUT2D eigenvalue weighted by Crippen LogP contribution is -2.37. The molecule has 2 N–H and O–H groups in total. The Morgan fingerprint density at radius 1 is 0.879 bits per heavy atom.